The maximum atomic E-state index is 10.2. The molecule has 2 N–H and O–H groups in total. The van der Waals surface area contributed by atoms with Crippen molar-refractivity contribution in [2.45, 2.75) is 91.8 Å². The molecule has 3 aliphatic rings. The molecule has 34 heavy (non-hydrogen) atoms. The number of oxime groups is 1. The number of rotatable bonds is 6. The second kappa shape index (κ2) is 10.8. The van der Waals surface area contributed by atoms with Crippen molar-refractivity contribution in [1.29, 1.82) is 0 Å². The SMILES string of the molecule is C=C1C(=CC=C2CCC[C@]3(C)C([C@@H](C)CC=CC(=NOC)C(C)(C)C)=CC[C@@H]23)C[C@@H](O)C[C@@H]1O. The molecule has 0 radical (unpaired) electrons. The molecular weight excluding hydrogens is 422 g/mol. The maximum Gasteiger partial charge on any atom is 0.106 e. The molecule has 0 aromatic rings. The Balaban J connectivity index is 1.73. The van der Waals surface area contributed by atoms with E-state index in [0.29, 0.717) is 24.7 Å². The molecule has 0 aliphatic heterocycles. The van der Waals surface area contributed by atoms with Gasteiger partial charge in [0.1, 0.15) is 7.11 Å². The van der Waals surface area contributed by atoms with Gasteiger partial charge in [-0.15, -0.1) is 0 Å². The van der Waals surface area contributed by atoms with E-state index in [2.05, 4.69) is 76.7 Å². The monoisotopic (exact) mass is 467 g/mol. The maximum absolute atomic E-state index is 10.2. The molecule has 0 aromatic heterocycles. The largest absolute Gasteiger partial charge is 0.399 e. The second-order valence-corrected chi connectivity index (χ2v) is 11.7. The van der Waals surface area contributed by atoms with Gasteiger partial charge in [0, 0.05) is 11.8 Å². The summed E-state index contributed by atoms with van der Waals surface area (Å²) in [6.07, 6.45) is 16.7. The van der Waals surface area contributed by atoms with Crippen molar-refractivity contribution in [3.05, 3.63) is 59.3 Å². The van der Waals surface area contributed by atoms with Crippen LogP contribution in [-0.4, -0.2) is 35.2 Å². The molecule has 4 heteroatoms. The smallest absolute Gasteiger partial charge is 0.106 e. The van der Waals surface area contributed by atoms with Gasteiger partial charge in [-0.25, -0.2) is 0 Å². The lowest BCUT2D eigenvalue weighted by atomic mass is 9.62. The van der Waals surface area contributed by atoms with Gasteiger partial charge in [-0.1, -0.05) is 81.8 Å². The number of hydrogen-bond donors (Lipinski definition) is 2. The van der Waals surface area contributed by atoms with Crippen LogP contribution in [0.15, 0.2) is 64.4 Å². The summed E-state index contributed by atoms with van der Waals surface area (Å²) in [5.74, 6) is 1.02. The molecule has 0 unspecified atom stereocenters. The fraction of sp³-hybridized carbons (Fsp3) is 0.633. The fourth-order valence-corrected chi connectivity index (χ4v) is 6.11. The molecule has 0 amide bonds. The first kappa shape index (κ1) is 26.7. The molecule has 5 atom stereocenters. The summed E-state index contributed by atoms with van der Waals surface area (Å²) in [6.45, 7) is 15.3. The van der Waals surface area contributed by atoms with Crippen LogP contribution in [0, 0.1) is 22.7 Å². The molecule has 0 saturated heterocycles. The van der Waals surface area contributed by atoms with E-state index in [1.807, 2.05) is 0 Å². The molecule has 3 aliphatic carbocycles. The minimum atomic E-state index is -0.633. The van der Waals surface area contributed by atoms with E-state index in [4.69, 9.17) is 4.84 Å². The topological polar surface area (TPSA) is 62.0 Å². The lowest BCUT2D eigenvalue weighted by Crippen LogP contribution is -2.32. The summed E-state index contributed by atoms with van der Waals surface area (Å²) >= 11 is 0. The molecule has 2 saturated carbocycles. The minimum absolute atomic E-state index is 0.0489. The Morgan fingerprint density at radius 1 is 1.32 bits per heavy atom. The summed E-state index contributed by atoms with van der Waals surface area (Å²) in [4.78, 5) is 5.05. The zero-order chi connectivity index (χ0) is 25.1. The van der Waals surface area contributed by atoms with E-state index < -0.39 is 12.2 Å². The van der Waals surface area contributed by atoms with Crippen LogP contribution < -0.4 is 0 Å². The van der Waals surface area contributed by atoms with Gasteiger partial charge in [0.05, 0.1) is 17.9 Å². The van der Waals surface area contributed by atoms with Crippen LogP contribution in [0.4, 0.5) is 0 Å². The van der Waals surface area contributed by atoms with Crippen molar-refractivity contribution in [2.75, 3.05) is 7.11 Å². The zero-order valence-electron chi connectivity index (χ0n) is 22.1. The van der Waals surface area contributed by atoms with E-state index in [9.17, 15) is 10.2 Å². The van der Waals surface area contributed by atoms with Gasteiger partial charge in [0.2, 0.25) is 0 Å². The zero-order valence-corrected chi connectivity index (χ0v) is 22.1. The van der Waals surface area contributed by atoms with E-state index in [-0.39, 0.29) is 10.8 Å². The standard InChI is InChI=1S/C30H45NO3/c1-20(10-8-12-28(31-34-7)29(3,4)5)25-15-16-26-22(11-9-17-30(25,26)6)13-14-23-18-24(32)19-27(33)21(23)2/h8,12-15,20,24,26-27,32-33H,2,9-11,16-19H2,1,3-7H3/t20-,24+,26-,27-,30+/m0/s1. The molecule has 0 bridgehead atoms. The molecule has 2 fully saturated rings. The third-order valence-corrected chi connectivity index (χ3v) is 8.13. The van der Waals surface area contributed by atoms with Crippen molar-refractivity contribution < 1.29 is 15.1 Å². The number of aliphatic hydroxyl groups excluding tert-OH is 2. The summed E-state index contributed by atoms with van der Waals surface area (Å²) < 4.78 is 0. The predicted molar refractivity (Wildman–Crippen MR) is 142 cm³/mol. The van der Waals surface area contributed by atoms with Gasteiger partial charge >= 0.3 is 0 Å². The Bertz CT molecular complexity index is 914. The average molecular weight is 468 g/mol. The highest BCUT2D eigenvalue weighted by atomic mass is 16.6. The normalized spacial score (nSPS) is 34.0. The predicted octanol–water partition coefficient (Wildman–Crippen LogP) is 6.68. The first-order chi connectivity index (χ1) is 16.0. The third kappa shape index (κ3) is 5.83. The number of fused-ring (bicyclic) bond motifs is 1. The van der Waals surface area contributed by atoms with Crippen molar-refractivity contribution in [3.63, 3.8) is 0 Å². The quantitative estimate of drug-likeness (QED) is 0.260. The van der Waals surface area contributed by atoms with E-state index in [1.165, 1.54) is 18.4 Å². The molecule has 188 valence electrons. The van der Waals surface area contributed by atoms with E-state index in [0.717, 1.165) is 36.1 Å². The molecular formula is C30H45NO3. The van der Waals surface area contributed by atoms with Crippen molar-refractivity contribution in [1.82, 2.24) is 0 Å². The third-order valence-electron chi connectivity index (χ3n) is 8.13. The Hall–Kier alpha value is -1.91. The van der Waals surface area contributed by atoms with Crippen LogP contribution in [0.5, 0.6) is 0 Å². The fourth-order valence-electron chi connectivity index (χ4n) is 6.11. The first-order valence-electron chi connectivity index (χ1n) is 12.9. The molecule has 0 heterocycles. The van der Waals surface area contributed by atoms with Crippen LogP contribution in [0.1, 0.15) is 79.6 Å². The first-order valence-corrected chi connectivity index (χ1v) is 12.9. The Morgan fingerprint density at radius 3 is 2.74 bits per heavy atom. The summed E-state index contributed by atoms with van der Waals surface area (Å²) in [7, 11) is 1.60. The van der Waals surface area contributed by atoms with Crippen LogP contribution >= 0.6 is 0 Å². The average Bonchev–Trinajstić information content (AvgIpc) is 3.11. The number of nitrogens with zero attached hydrogens (tertiary/aromatic N) is 1. The van der Waals surface area contributed by atoms with Gasteiger partial charge in [0.25, 0.3) is 0 Å². The Kier molecular flexibility index (Phi) is 8.47. The summed E-state index contributed by atoms with van der Waals surface area (Å²) in [5, 5.41) is 24.5. The summed E-state index contributed by atoms with van der Waals surface area (Å²) in [6, 6.07) is 0. The Morgan fingerprint density at radius 2 is 2.06 bits per heavy atom. The second-order valence-electron chi connectivity index (χ2n) is 11.7. The van der Waals surface area contributed by atoms with E-state index >= 15 is 0 Å². The number of hydrogen-bond acceptors (Lipinski definition) is 4. The lowest BCUT2D eigenvalue weighted by molar-refractivity contribution is 0.0862. The summed E-state index contributed by atoms with van der Waals surface area (Å²) in [5.41, 5.74) is 5.95. The number of aliphatic hydroxyl groups is 2. The van der Waals surface area contributed by atoms with Crippen LogP contribution in [0.25, 0.3) is 0 Å². The minimum Gasteiger partial charge on any atom is -0.399 e. The highest BCUT2D eigenvalue weighted by Crippen LogP contribution is 2.57. The van der Waals surface area contributed by atoms with Gasteiger partial charge < -0.3 is 15.1 Å². The van der Waals surface area contributed by atoms with Crippen molar-refractivity contribution in [3.8, 4) is 0 Å². The molecule has 3 rings (SSSR count). The molecule has 4 nitrogen and oxygen atoms in total. The van der Waals surface area contributed by atoms with Crippen molar-refractivity contribution >= 4 is 5.71 Å². The van der Waals surface area contributed by atoms with Crippen molar-refractivity contribution in [2.24, 2.45) is 27.8 Å². The van der Waals surface area contributed by atoms with Crippen LogP contribution in [0.2, 0.25) is 0 Å². The molecule has 0 aromatic carbocycles. The van der Waals surface area contributed by atoms with Crippen LogP contribution in [-0.2, 0) is 4.84 Å². The highest BCUT2D eigenvalue weighted by Gasteiger charge is 2.45. The van der Waals surface area contributed by atoms with E-state index in [1.54, 1.807) is 12.7 Å². The van der Waals surface area contributed by atoms with Gasteiger partial charge in [0.15, 0.2) is 0 Å². The number of allylic oxidation sites excluding steroid dienone is 7. The molecule has 0 spiro atoms. The highest BCUT2D eigenvalue weighted by molar-refractivity contribution is 5.98. The van der Waals surface area contributed by atoms with Gasteiger partial charge in [-0.3, -0.25) is 0 Å². The Labute approximate surface area is 206 Å². The van der Waals surface area contributed by atoms with Gasteiger partial charge in [-0.2, -0.15) is 0 Å². The van der Waals surface area contributed by atoms with Gasteiger partial charge in [-0.05, 0) is 73.0 Å². The lowest BCUT2D eigenvalue weighted by Gasteiger charge is -2.42. The van der Waals surface area contributed by atoms with Crippen LogP contribution in [0.3, 0.4) is 0 Å².